The van der Waals surface area contributed by atoms with Gasteiger partial charge in [-0.05, 0) is 42.7 Å². The lowest BCUT2D eigenvalue weighted by molar-refractivity contribution is 0.482. The van der Waals surface area contributed by atoms with Crippen LogP contribution >= 0.6 is 0 Å². The molecule has 0 aromatic heterocycles. The molecule has 4 nitrogen and oxygen atoms in total. The smallest absolute Gasteiger partial charge is 0.191 e. The first-order valence-corrected chi connectivity index (χ1v) is 7.57. The summed E-state index contributed by atoms with van der Waals surface area (Å²) in [7, 11) is 2.01. The summed E-state index contributed by atoms with van der Waals surface area (Å²) >= 11 is 0. The SMILES string of the molecule is CN(C(N)=NCc1ccc(Oc2ccccc2)cc1)C1CC1. The zero-order valence-corrected chi connectivity index (χ0v) is 12.8. The molecule has 1 saturated carbocycles. The highest BCUT2D eigenvalue weighted by Crippen LogP contribution is 2.25. The van der Waals surface area contributed by atoms with Crippen molar-refractivity contribution in [1.29, 1.82) is 0 Å². The van der Waals surface area contributed by atoms with E-state index in [9.17, 15) is 0 Å². The van der Waals surface area contributed by atoms with E-state index in [4.69, 9.17) is 10.5 Å². The Morgan fingerprint density at radius 1 is 1.09 bits per heavy atom. The molecule has 0 heterocycles. The number of para-hydroxylation sites is 1. The maximum absolute atomic E-state index is 5.99. The summed E-state index contributed by atoms with van der Waals surface area (Å²) in [6.07, 6.45) is 2.44. The minimum atomic E-state index is 0.588. The van der Waals surface area contributed by atoms with Gasteiger partial charge in [-0.1, -0.05) is 30.3 Å². The van der Waals surface area contributed by atoms with Gasteiger partial charge in [0.25, 0.3) is 0 Å². The van der Waals surface area contributed by atoms with E-state index >= 15 is 0 Å². The Kier molecular flexibility index (Phi) is 4.28. The second-order valence-corrected chi connectivity index (χ2v) is 5.58. The molecule has 2 aromatic carbocycles. The number of guanidine groups is 1. The van der Waals surface area contributed by atoms with E-state index in [1.54, 1.807) is 0 Å². The maximum Gasteiger partial charge on any atom is 0.191 e. The third-order valence-corrected chi connectivity index (χ3v) is 3.78. The Morgan fingerprint density at radius 3 is 2.36 bits per heavy atom. The quantitative estimate of drug-likeness (QED) is 0.679. The zero-order chi connectivity index (χ0) is 15.4. The summed E-state index contributed by atoms with van der Waals surface area (Å²) in [5.41, 5.74) is 7.11. The Hall–Kier alpha value is -2.49. The predicted octanol–water partition coefficient (Wildman–Crippen LogP) is 3.39. The molecule has 0 bridgehead atoms. The van der Waals surface area contributed by atoms with Crippen molar-refractivity contribution in [2.75, 3.05) is 7.05 Å². The largest absolute Gasteiger partial charge is 0.457 e. The molecule has 1 aliphatic carbocycles. The molecule has 0 radical (unpaired) electrons. The lowest BCUT2D eigenvalue weighted by Gasteiger charge is -2.16. The first-order valence-electron chi connectivity index (χ1n) is 7.57. The fourth-order valence-corrected chi connectivity index (χ4v) is 2.22. The van der Waals surface area contributed by atoms with Crippen LogP contribution in [0.1, 0.15) is 18.4 Å². The molecule has 0 saturated heterocycles. The van der Waals surface area contributed by atoms with E-state index in [-0.39, 0.29) is 0 Å². The van der Waals surface area contributed by atoms with Crippen molar-refractivity contribution in [2.45, 2.75) is 25.4 Å². The van der Waals surface area contributed by atoms with Crippen molar-refractivity contribution in [3.05, 3.63) is 60.2 Å². The summed E-state index contributed by atoms with van der Waals surface area (Å²) < 4.78 is 5.77. The van der Waals surface area contributed by atoms with E-state index in [0.717, 1.165) is 17.1 Å². The fraction of sp³-hybridized carbons (Fsp3) is 0.278. The Morgan fingerprint density at radius 2 is 1.73 bits per heavy atom. The molecule has 3 rings (SSSR count). The molecule has 0 spiro atoms. The van der Waals surface area contributed by atoms with E-state index in [0.29, 0.717) is 18.5 Å². The maximum atomic E-state index is 5.99. The standard InChI is InChI=1S/C18H21N3O/c1-21(15-9-10-15)18(19)20-13-14-7-11-17(12-8-14)22-16-5-3-2-4-6-16/h2-8,11-12,15H,9-10,13H2,1H3,(H2,19,20). The first kappa shape index (κ1) is 14.4. The summed E-state index contributed by atoms with van der Waals surface area (Å²) in [4.78, 5) is 6.51. The molecule has 114 valence electrons. The average Bonchev–Trinajstić information content (AvgIpc) is 3.39. The van der Waals surface area contributed by atoms with E-state index in [2.05, 4.69) is 9.89 Å². The Labute approximate surface area is 131 Å². The van der Waals surface area contributed by atoms with Crippen LogP contribution in [0.2, 0.25) is 0 Å². The molecular formula is C18H21N3O. The van der Waals surface area contributed by atoms with Gasteiger partial charge in [0.05, 0.1) is 6.54 Å². The van der Waals surface area contributed by atoms with Gasteiger partial charge in [-0.15, -0.1) is 0 Å². The van der Waals surface area contributed by atoms with Gasteiger partial charge < -0.3 is 15.4 Å². The van der Waals surface area contributed by atoms with E-state index < -0.39 is 0 Å². The number of nitrogens with two attached hydrogens (primary N) is 1. The van der Waals surface area contributed by atoms with E-state index in [1.165, 1.54) is 12.8 Å². The van der Waals surface area contributed by atoms with Crippen molar-refractivity contribution < 1.29 is 4.74 Å². The third-order valence-electron chi connectivity index (χ3n) is 3.78. The van der Waals surface area contributed by atoms with Crippen LogP contribution in [0.15, 0.2) is 59.6 Å². The lowest BCUT2D eigenvalue weighted by Crippen LogP contribution is -2.35. The third kappa shape index (κ3) is 3.79. The molecule has 1 aliphatic rings. The number of benzene rings is 2. The molecule has 0 amide bonds. The van der Waals surface area contributed by atoms with E-state index in [1.807, 2.05) is 61.6 Å². The van der Waals surface area contributed by atoms with Gasteiger partial charge in [-0.25, -0.2) is 4.99 Å². The molecule has 2 N–H and O–H groups in total. The van der Waals surface area contributed by atoms with Crippen LogP contribution in [0.5, 0.6) is 11.5 Å². The number of hydrogen-bond acceptors (Lipinski definition) is 2. The van der Waals surface area contributed by atoms with Gasteiger partial charge >= 0.3 is 0 Å². The van der Waals surface area contributed by atoms with Crippen LogP contribution in [-0.2, 0) is 6.54 Å². The van der Waals surface area contributed by atoms with Gasteiger partial charge in [0.15, 0.2) is 5.96 Å². The van der Waals surface area contributed by atoms with Crippen molar-refractivity contribution in [3.8, 4) is 11.5 Å². The summed E-state index contributed by atoms with van der Waals surface area (Å²) in [5, 5.41) is 0. The number of nitrogens with zero attached hydrogens (tertiary/aromatic N) is 2. The van der Waals surface area contributed by atoms with Crippen LogP contribution < -0.4 is 10.5 Å². The van der Waals surface area contributed by atoms with Gasteiger partial charge in [-0.3, -0.25) is 0 Å². The average molecular weight is 295 g/mol. The number of aliphatic imine (C=N–C) groups is 1. The fourth-order valence-electron chi connectivity index (χ4n) is 2.22. The highest BCUT2D eigenvalue weighted by molar-refractivity contribution is 5.78. The van der Waals surface area contributed by atoms with Crippen molar-refractivity contribution in [1.82, 2.24) is 4.90 Å². The van der Waals surface area contributed by atoms with Crippen LogP contribution in [0.3, 0.4) is 0 Å². The number of ether oxygens (including phenoxy) is 1. The molecule has 1 fully saturated rings. The Bertz CT molecular complexity index is 633. The minimum absolute atomic E-state index is 0.588. The molecule has 22 heavy (non-hydrogen) atoms. The second kappa shape index (κ2) is 6.52. The van der Waals surface area contributed by atoms with Crippen molar-refractivity contribution in [2.24, 2.45) is 10.7 Å². The van der Waals surface area contributed by atoms with Gasteiger partial charge in [0.2, 0.25) is 0 Å². The van der Waals surface area contributed by atoms with Crippen LogP contribution in [-0.4, -0.2) is 23.9 Å². The topological polar surface area (TPSA) is 50.8 Å². The summed E-state index contributed by atoms with van der Waals surface area (Å²) in [6, 6.07) is 18.3. The molecule has 0 unspecified atom stereocenters. The predicted molar refractivity (Wildman–Crippen MR) is 89.1 cm³/mol. The monoisotopic (exact) mass is 295 g/mol. The van der Waals surface area contributed by atoms with Crippen LogP contribution in [0.4, 0.5) is 0 Å². The number of rotatable bonds is 5. The minimum Gasteiger partial charge on any atom is -0.457 e. The Balaban J connectivity index is 1.58. The van der Waals surface area contributed by atoms with Crippen LogP contribution in [0.25, 0.3) is 0 Å². The zero-order valence-electron chi connectivity index (χ0n) is 12.8. The molecule has 2 aromatic rings. The highest BCUT2D eigenvalue weighted by atomic mass is 16.5. The van der Waals surface area contributed by atoms with Gasteiger partial charge in [0, 0.05) is 13.1 Å². The number of hydrogen-bond donors (Lipinski definition) is 1. The van der Waals surface area contributed by atoms with Gasteiger partial charge in [0.1, 0.15) is 11.5 Å². The molecule has 0 aliphatic heterocycles. The van der Waals surface area contributed by atoms with Crippen molar-refractivity contribution >= 4 is 5.96 Å². The van der Waals surface area contributed by atoms with Crippen LogP contribution in [0, 0.1) is 0 Å². The molecule has 0 atom stereocenters. The second-order valence-electron chi connectivity index (χ2n) is 5.58. The first-order chi connectivity index (χ1) is 10.7. The normalized spacial score (nSPS) is 14.7. The summed E-state index contributed by atoms with van der Waals surface area (Å²) in [5.74, 6) is 2.28. The molecule has 4 heteroatoms. The highest BCUT2D eigenvalue weighted by Gasteiger charge is 2.27. The van der Waals surface area contributed by atoms with Crippen molar-refractivity contribution in [3.63, 3.8) is 0 Å². The van der Waals surface area contributed by atoms with Gasteiger partial charge in [-0.2, -0.15) is 0 Å². The lowest BCUT2D eigenvalue weighted by atomic mass is 10.2. The summed E-state index contributed by atoms with van der Waals surface area (Å²) in [6.45, 7) is 0.592. The molecular weight excluding hydrogens is 274 g/mol.